The van der Waals surface area contributed by atoms with Crippen molar-refractivity contribution in [3.8, 4) is 0 Å². The molecule has 3 heteroatoms. The minimum atomic E-state index is -0.177. The van der Waals surface area contributed by atoms with Crippen LogP contribution in [0.15, 0.2) is 11.5 Å². The van der Waals surface area contributed by atoms with Crippen molar-refractivity contribution >= 4 is 11.8 Å². The Balaban J connectivity index is 2.68. The van der Waals surface area contributed by atoms with Gasteiger partial charge in [0.05, 0.1) is 0 Å². The molecular formula is C20H40N2S. The van der Waals surface area contributed by atoms with Crippen LogP contribution in [0.4, 0.5) is 0 Å². The third-order valence-electron chi connectivity index (χ3n) is 6.25. The van der Waals surface area contributed by atoms with Gasteiger partial charge in [-0.1, -0.05) is 26.8 Å². The second kappa shape index (κ2) is 8.40. The molecule has 0 atom stereocenters. The zero-order chi connectivity index (χ0) is 17.7. The summed E-state index contributed by atoms with van der Waals surface area (Å²) in [6.45, 7) is 20.1. The number of hydrogen-bond donors (Lipinski definition) is 1. The van der Waals surface area contributed by atoms with Crippen LogP contribution in [0.3, 0.4) is 0 Å². The third-order valence-corrected chi connectivity index (χ3v) is 7.16. The second-order valence-corrected chi connectivity index (χ2v) is 9.93. The van der Waals surface area contributed by atoms with E-state index in [0.717, 1.165) is 5.75 Å². The smallest absolute Gasteiger partial charge is 0.0327 e. The average Bonchev–Trinajstić information content (AvgIpc) is 2.45. The minimum Gasteiger partial charge on any atom is -0.324 e. The van der Waals surface area contributed by atoms with E-state index in [-0.39, 0.29) is 11.1 Å². The summed E-state index contributed by atoms with van der Waals surface area (Å²) in [6, 6.07) is 0. The van der Waals surface area contributed by atoms with Crippen LogP contribution in [0, 0.1) is 5.41 Å². The van der Waals surface area contributed by atoms with Gasteiger partial charge in [-0.25, -0.2) is 0 Å². The highest BCUT2D eigenvalue weighted by atomic mass is 32.2. The fourth-order valence-corrected chi connectivity index (χ4v) is 4.44. The van der Waals surface area contributed by atoms with Gasteiger partial charge in [-0.15, -0.1) is 11.8 Å². The van der Waals surface area contributed by atoms with E-state index >= 15 is 0 Å². The molecule has 0 aromatic heterocycles. The molecular weight excluding hydrogens is 300 g/mol. The van der Waals surface area contributed by atoms with E-state index in [2.05, 4.69) is 53.0 Å². The molecule has 1 aliphatic rings. The van der Waals surface area contributed by atoms with Crippen molar-refractivity contribution in [2.75, 3.05) is 18.8 Å². The van der Waals surface area contributed by atoms with Crippen molar-refractivity contribution in [3.05, 3.63) is 11.5 Å². The maximum Gasteiger partial charge on any atom is 0.0327 e. The fraction of sp³-hybridized carbons (Fsp3) is 0.900. The predicted molar refractivity (Wildman–Crippen MR) is 107 cm³/mol. The van der Waals surface area contributed by atoms with E-state index in [1.165, 1.54) is 56.5 Å². The molecule has 1 fully saturated rings. The topological polar surface area (TPSA) is 29.3 Å². The highest BCUT2D eigenvalue weighted by molar-refractivity contribution is 8.03. The standard InChI is InChI=1S/C20H40N2S/c1-8-11-20(12-10-17(3)23-9-2)13-15-22(16-14-20)19(6,7)18(4,5)21/h3,8-16,21H2,1-2,4-7H3. The molecule has 0 unspecified atom stereocenters. The number of likely N-dealkylation sites (tertiary alicyclic amines) is 1. The summed E-state index contributed by atoms with van der Waals surface area (Å²) in [6.07, 6.45) is 7.77. The first-order valence-electron chi connectivity index (χ1n) is 9.42. The van der Waals surface area contributed by atoms with Crippen LogP contribution in [0.2, 0.25) is 0 Å². The number of nitrogens with two attached hydrogens (primary N) is 1. The molecule has 136 valence electrons. The molecule has 1 heterocycles. The Morgan fingerprint density at radius 3 is 2.13 bits per heavy atom. The van der Waals surface area contributed by atoms with Gasteiger partial charge in [-0.05, 0) is 89.0 Å². The normalized spacial score (nSPS) is 19.8. The molecule has 0 radical (unpaired) electrons. The molecule has 0 aromatic rings. The molecule has 1 saturated heterocycles. The van der Waals surface area contributed by atoms with Crippen molar-refractivity contribution in [3.63, 3.8) is 0 Å². The van der Waals surface area contributed by atoms with Crippen LogP contribution in [0.1, 0.15) is 80.1 Å². The first-order chi connectivity index (χ1) is 10.6. The average molecular weight is 341 g/mol. The van der Waals surface area contributed by atoms with Gasteiger partial charge in [0.2, 0.25) is 0 Å². The van der Waals surface area contributed by atoms with E-state index in [0.29, 0.717) is 5.41 Å². The van der Waals surface area contributed by atoms with Gasteiger partial charge in [-0.2, -0.15) is 0 Å². The summed E-state index contributed by atoms with van der Waals surface area (Å²) >= 11 is 1.92. The number of hydrogen-bond acceptors (Lipinski definition) is 3. The lowest BCUT2D eigenvalue weighted by Crippen LogP contribution is -2.64. The summed E-state index contributed by atoms with van der Waals surface area (Å²) in [4.78, 5) is 3.99. The third kappa shape index (κ3) is 5.51. The summed E-state index contributed by atoms with van der Waals surface area (Å²) in [5.74, 6) is 1.15. The minimum absolute atomic E-state index is 0.0486. The quantitative estimate of drug-likeness (QED) is 0.606. The Bertz CT molecular complexity index is 374. The molecule has 0 spiro atoms. The largest absolute Gasteiger partial charge is 0.324 e. The number of piperidine rings is 1. The monoisotopic (exact) mass is 340 g/mol. The fourth-order valence-electron chi connectivity index (χ4n) is 3.78. The maximum atomic E-state index is 6.45. The van der Waals surface area contributed by atoms with Gasteiger partial charge in [-0.3, -0.25) is 4.90 Å². The van der Waals surface area contributed by atoms with Crippen LogP contribution in [0.5, 0.6) is 0 Å². The first kappa shape index (κ1) is 21.1. The van der Waals surface area contributed by atoms with Crippen molar-refractivity contribution in [2.24, 2.45) is 11.1 Å². The molecule has 1 aliphatic heterocycles. The predicted octanol–water partition coefficient (Wildman–Crippen LogP) is 5.43. The number of nitrogens with zero attached hydrogens (tertiary/aromatic N) is 1. The first-order valence-corrected chi connectivity index (χ1v) is 10.4. The Morgan fingerprint density at radius 2 is 1.70 bits per heavy atom. The van der Waals surface area contributed by atoms with Crippen LogP contribution in [0.25, 0.3) is 0 Å². The van der Waals surface area contributed by atoms with E-state index in [1.54, 1.807) is 0 Å². The van der Waals surface area contributed by atoms with Crippen molar-refractivity contribution < 1.29 is 0 Å². The van der Waals surface area contributed by atoms with Gasteiger partial charge in [0, 0.05) is 11.1 Å². The molecule has 0 amide bonds. The molecule has 0 aromatic carbocycles. The highest BCUT2D eigenvalue weighted by Gasteiger charge is 2.43. The molecule has 0 bridgehead atoms. The molecule has 2 N–H and O–H groups in total. The zero-order valence-corrected chi connectivity index (χ0v) is 17.3. The van der Waals surface area contributed by atoms with Crippen LogP contribution < -0.4 is 5.73 Å². The van der Waals surface area contributed by atoms with Crippen LogP contribution >= 0.6 is 11.8 Å². The Kier molecular flexibility index (Phi) is 7.69. The Hall–Kier alpha value is 0.0100. The lowest BCUT2D eigenvalue weighted by Gasteiger charge is -2.52. The summed E-state index contributed by atoms with van der Waals surface area (Å²) < 4.78 is 0. The van der Waals surface area contributed by atoms with Gasteiger partial charge in [0.25, 0.3) is 0 Å². The van der Waals surface area contributed by atoms with Crippen molar-refractivity contribution in [1.82, 2.24) is 4.90 Å². The lowest BCUT2D eigenvalue weighted by molar-refractivity contribution is -0.00546. The van der Waals surface area contributed by atoms with Crippen molar-refractivity contribution in [2.45, 2.75) is 91.1 Å². The Morgan fingerprint density at radius 1 is 1.13 bits per heavy atom. The van der Waals surface area contributed by atoms with Gasteiger partial charge >= 0.3 is 0 Å². The SMILES string of the molecule is C=C(CCC1(CCC)CCN(C(C)(C)C(C)(C)N)CC1)SCC. The molecule has 0 aliphatic carbocycles. The Labute approximate surface area is 149 Å². The van der Waals surface area contributed by atoms with Gasteiger partial charge in [0.15, 0.2) is 0 Å². The van der Waals surface area contributed by atoms with E-state index in [9.17, 15) is 0 Å². The van der Waals surface area contributed by atoms with Gasteiger partial charge in [0.1, 0.15) is 0 Å². The highest BCUT2D eigenvalue weighted by Crippen LogP contribution is 2.44. The van der Waals surface area contributed by atoms with E-state index < -0.39 is 0 Å². The van der Waals surface area contributed by atoms with Crippen molar-refractivity contribution in [1.29, 1.82) is 0 Å². The molecule has 0 saturated carbocycles. The summed E-state index contributed by atoms with van der Waals surface area (Å²) in [5, 5.41) is 0. The second-order valence-electron chi connectivity index (χ2n) is 8.49. The molecule has 1 rings (SSSR count). The van der Waals surface area contributed by atoms with Crippen LogP contribution in [-0.4, -0.2) is 34.8 Å². The number of allylic oxidation sites excluding steroid dienone is 1. The van der Waals surface area contributed by atoms with Crippen LogP contribution in [-0.2, 0) is 0 Å². The molecule has 2 nitrogen and oxygen atoms in total. The maximum absolute atomic E-state index is 6.45. The zero-order valence-electron chi connectivity index (χ0n) is 16.5. The lowest BCUT2D eigenvalue weighted by atomic mass is 9.70. The summed E-state index contributed by atoms with van der Waals surface area (Å²) in [5.41, 5.74) is 6.84. The number of thioether (sulfide) groups is 1. The summed E-state index contributed by atoms with van der Waals surface area (Å²) in [7, 11) is 0. The number of rotatable bonds is 9. The van der Waals surface area contributed by atoms with E-state index in [1.807, 2.05) is 11.8 Å². The van der Waals surface area contributed by atoms with E-state index in [4.69, 9.17) is 5.73 Å². The molecule has 23 heavy (non-hydrogen) atoms. The van der Waals surface area contributed by atoms with Gasteiger partial charge < -0.3 is 5.73 Å².